The van der Waals surface area contributed by atoms with E-state index in [9.17, 15) is 4.79 Å². The number of nitrogens with two attached hydrogens (primary N) is 1. The highest BCUT2D eigenvalue weighted by atomic mass is 16.1. The van der Waals surface area contributed by atoms with Crippen LogP contribution >= 0.6 is 0 Å². The first-order valence-corrected chi connectivity index (χ1v) is 11.0. The van der Waals surface area contributed by atoms with Crippen molar-refractivity contribution in [1.29, 1.82) is 0 Å². The number of hydrogen-bond donors (Lipinski definition) is 3. The average molecular weight is 421 g/mol. The van der Waals surface area contributed by atoms with Crippen LogP contribution < -0.4 is 11.1 Å². The third kappa shape index (κ3) is 4.78. The minimum absolute atomic E-state index is 0.102. The van der Waals surface area contributed by atoms with Gasteiger partial charge in [0.15, 0.2) is 0 Å². The zero-order valence-electron chi connectivity index (χ0n) is 18.6. The minimum atomic E-state index is -0.129. The van der Waals surface area contributed by atoms with Crippen molar-refractivity contribution < 1.29 is 4.79 Å². The molecule has 2 heterocycles. The molecular weight excluding hydrogens is 388 g/mol. The predicted octanol–water partition coefficient (Wildman–Crippen LogP) is 3.18. The number of pyridine rings is 1. The van der Waals surface area contributed by atoms with Gasteiger partial charge in [0.25, 0.3) is 5.91 Å². The Bertz CT molecular complexity index is 1070. The highest BCUT2D eigenvalue weighted by molar-refractivity contribution is 5.97. The molecule has 0 aliphatic heterocycles. The molecule has 0 radical (unpaired) electrons. The van der Waals surface area contributed by atoms with Crippen molar-refractivity contribution in [1.82, 2.24) is 25.2 Å². The van der Waals surface area contributed by atoms with Gasteiger partial charge in [-0.1, -0.05) is 19.9 Å². The number of nitrogens with one attached hydrogen (secondary N) is 2. The van der Waals surface area contributed by atoms with Crippen LogP contribution in [0.2, 0.25) is 0 Å². The minimum Gasteiger partial charge on any atom is -0.351 e. The Morgan fingerprint density at radius 3 is 3.00 bits per heavy atom. The van der Waals surface area contributed by atoms with E-state index in [-0.39, 0.29) is 11.3 Å². The number of nitrogens with zero attached hydrogens (tertiary/aromatic N) is 3. The second kappa shape index (κ2) is 8.77. The number of imidazole rings is 1. The highest BCUT2D eigenvalue weighted by Crippen LogP contribution is 2.32. The van der Waals surface area contributed by atoms with E-state index in [1.165, 1.54) is 17.7 Å². The van der Waals surface area contributed by atoms with Gasteiger partial charge >= 0.3 is 0 Å². The fraction of sp³-hybridized carbons (Fsp3) is 0.458. The summed E-state index contributed by atoms with van der Waals surface area (Å²) in [4.78, 5) is 27.7. The van der Waals surface area contributed by atoms with Crippen LogP contribution in [-0.2, 0) is 13.0 Å². The second-order valence-corrected chi connectivity index (χ2v) is 9.34. The summed E-state index contributed by atoms with van der Waals surface area (Å²) in [6.45, 7) is 5.82. The number of carbonyl (C=O) groups excluding carboxylic acids is 1. The fourth-order valence-corrected chi connectivity index (χ4v) is 4.13. The van der Waals surface area contributed by atoms with Crippen LogP contribution in [0.1, 0.15) is 60.2 Å². The van der Waals surface area contributed by atoms with Crippen LogP contribution in [0.25, 0.3) is 11.0 Å². The molecule has 0 fully saturated rings. The van der Waals surface area contributed by atoms with E-state index < -0.39 is 0 Å². The number of fused-ring (bicyclic) bond motifs is 2. The topological polar surface area (TPSA) is 99.9 Å². The van der Waals surface area contributed by atoms with Crippen LogP contribution in [0.5, 0.6) is 0 Å². The summed E-state index contributed by atoms with van der Waals surface area (Å²) in [5.41, 5.74) is 10.5. The number of amides is 1. The molecule has 4 N–H and O–H groups in total. The second-order valence-electron chi connectivity index (χ2n) is 9.34. The lowest BCUT2D eigenvalue weighted by molar-refractivity contribution is 0.0938. The summed E-state index contributed by atoms with van der Waals surface area (Å²) in [5.74, 6) is 0.789. The third-order valence-corrected chi connectivity index (χ3v) is 6.17. The molecule has 164 valence electrons. The fourth-order valence-electron chi connectivity index (χ4n) is 4.13. The summed E-state index contributed by atoms with van der Waals surface area (Å²) >= 11 is 0. The molecule has 1 amide bonds. The number of H-pyrrole nitrogens is 1. The Kier molecular flexibility index (Phi) is 6.07. The molecule has 0 saturated heterocycles. The molecule has 1 aromatic carbocycles. The van der Waals surface area contributed by atoms with Crippen LogP contribution in [0.15, 0.2) is 36.5 Å². The van der Waals surface area contributed by atoms with Crippen molar-refractivity contribution in [3.63, 3.8) is 0 Å². The average Bonchev–Trinajstić information content (AvgIpc) is 3.18. The molecule has 7 heteroatoms. The van der Waals surface area contributed by atoms with Crippen molar-refractivity contribution in [3.05, 3.63) is 59.2 Å². The number of hydrogen-bond acceptors (Lipinski definition) is 5. The Morgan fingerprint density at radius 2 is 2.19 bits per heavy atom. The summed E-state index contributed by atoms with van der Waals surface area (Å²) < 4.78 is 0. The van der Waals surface area contributed by atoms with Gasteiger partial charge in [-0.25, -0.2) is 4.98 Å². The molecule has 31 heavy (non-hydrogen) atoms. The van der Waals surface area contributed by atoms with E-state index in [4.69, 9.17) is 10.7 Å². The van der Waals surface area contributed by atoms with Gasteiger partial charge in [-0.05, 0) is 68.1 Å². The van der Waals surface area contributed by atoms with Gasteiger partial charge in [0.05, 0.1) is 29.3 Å². The summed E-state index contributed by atoms with van der Waals surface area (Å²) in [6, 6.07) is 10.1. The molecule has 0 bridgehead atoms. The van der Waals surface area contributed by atoms with Gasteiger partial charge in [-0.2, -0.15) is 0 Å². The molecule has 0 saturated carbocycles. The Labute approximate surface area is 183 Å². The third-order valence-electron chi connectivity index (χ3n) is 6.17. The van der Waals surface area contributed by atoms with E-state index >= 15 is 0 Å². The van der Waals surface area contributed by atoms with Gasteiger partial charge in [0, 0.05) is 18.3 Å². The molecular formula is C24H32N6O. The normalized spacial score (nSPS) is 16.5. The summed E-state index contributed by atoms with van der Waals surface area (Å²) in [6.07, 6.45) is 5.26. The van der Waals surface area contributed by atoms with E-state index in [0.29, 0.717) is 31.2 Å². The number of rotatable bonds is 7. The Hall–Kier alpha value is -2.77. The number of carbonyl (C=O) groups is 1. The van der Waals surface area contributed by atoms with E-state index in [1.807, 2.05) is 44.3 Å². The summed E-state index contributed by atoms with van der Waals surface area (Å²) in [5, 5.41) is 2.97. The lowest BCUT2D eigenvalue weighted by atomic mass is 9.91. The van der Waals surface area contributed by atoms with E-state index in [2.05, 4.69) is 33.3 Å². The molecule has 3 aromatic rings. The molecule has 1 unspecified atom stereocenters. The maximum Gasteiger partial charge on any atom is 0.251 e. The SMILES string of the molecule is CN(Cc1nc2cc(C(=O)NCC(C)(C)CN)ccc2[nH]1)C1CCCc2cccnc21. The van der Waals surface area contributed by atoms with Crippen molar-refractivity contribution in [2.24, 2.45) is 11.1 Å². The molecule has 1 atom stereocenters. The zero-order valence-corrected chi connectivity index (χ0v) is 18.6. The van der Waals surface area contributed by atoms with Crippen molar-refractivity contribution >= 4 is 16.9 Å². The summed E-state index contributed by atoms with van der Waals surface area (Å²) in [7, 11) is 2.12. The van der Waals surface area contributed by atoms with E-state index in [1.54, 1.807) is 0 Å². The maximum atomic E-state index is 12.6. The smallest absolute Gasteiger partial charge is 0.251 e. The van der Waals surface area contributed by atoms with Gasteiger partial charge < -0.3 is 16.0 Å². The standard InChI is InChI=1S/C24H32N6O/c1-24(2,14-25)15-27-23(31)17-9-10-18-19(12-17)29-21(28-18)13-30(3)20-8-4-6-16-7-5-11-26-22(16)20/h5,7,9-12,20H,4,6,8,13-15,25H2,1-3H3,(H,27,31)(H,28,29). The lowest BCUT2D eigenvalue weighted by Crippen LogP contribution is -2.38. The lowest BCUT2D eigenvalue weighted by Gasteiger charge is -2.31. The molecule has 4 rings (SSSR count). The monoisotopic (exact) mass is 420 g/mol. The molecule has 2 aromatic heterocycles. The zero-order chi connectivity index (χ0) is 22.0. The molecule has 1 aliphatic carbocycles. The van der Waals surface area contributed by atoms with Gasteiger partial charge in [0.2, 0.25) is 0 Å². The largest absolute Gasteiger partial charge is 0.351 e. The molecule has 7 nitrogen and oxygen atoms in total. The van der Waals surface area contributed by atoms with Crippen molar-refractivity contribution in [3.8, 4) is 0 Å². The first-order chi connectivity index (χ1) is 14.9. The van der Waals surface area contributed by atoms with Crippen molar-refractivity contribution in [2.75, 3.05) is 20.1 Å². The van der Waals surface area contributed by atoms with Crippen molar-refractivity contribution in [2.45, 2.75) is 45.7 Å². The number of benzene rings is 1. The Morgan fingerprint density at radius 1 is 1.35 bits per heavy atom. The quantitative estimate of drug-likeness (QED) is 0.545. The van der Waals surface area contributed by atoms with E-state index in [0.717, 1.165) is 29.7 Å². The van der Waals surface area contributed by atoms with Crippen LogP contribution in [0.4, 0.5) is 0 Å². The highest BCUT2D eigenvalue weighted by Gasteiger charge is 2.25. The van der Waals surface area contributed by atoms with Gasteiger partial charge in [-0.15, -0.1) is 0 Å². The molecule has 0 spiro atoms. The Balaban J connectivity index is 1.47. The molecule has 1 aliphatic rings. The van der Waals surface area contributed by atoms with Crippen LogP contribution in [0.3, 0.4) is 0 Å². The van der Waals surface area contributed by atoms with Crippen LogP contribution in [-0.4, -0.2) is 45.9 Å². The van der Waals surface area contributed by atoms with Gasteiger partial charge in [0.1, 0.15) is 5.82 Å². The first kappa shape index (κ1) is 21.5. The first-order valence-electron chi connectivity index (χ1n) is 11.0. The number of aryl methyl sites for hydroxylation is 1. The number of aromatic nitrogens is 3. The van der Waals surface area contributed by atoms with Crippen LogP contribution in [0, 0.1) is 5.41 Å². The number of aromatic amines is 1. The maximum absolute atomic E-state index is 12.6. The predicted molar refractivity (Wildman–Crippen MR) is 123 cm³/mol. The van der Waals surface area contributed by atoms with Gasteiger partial charge in [-0.3, -0.25) is 14.7 Å².